The zero-order valence-corrected chi connectivity index (χ0v) is 13.1. The molecule has 1 aliphatic heterocycles. The monoisotopic (exact) mass is 315 g/mol. The first-order valence-electron chi connectivity index (χ1n) is 7.20. The molecule has 2 aromatic carbocycles. The number of carbonyl (C=O) groups is 1. The quantitative estimate of drug-likeness (QED) is 0.815. The van der Waals surface area contributed by atoms with Crippen molar-refractivity contribution in [2.24, 2.45) is 0 Å². The fraction of sp³-hybridized carbons (Fsp3) is 0.235. The third-order valence-electron chi connectivity index (χ3n) is 4.02. The van der Waals surface area contributed by atoms with E-state index in [1.165, 1.54) is 4.31 Å². The molecule has 0 radical (unpaired) electrons. The maximum atomic E-state index is 12.7. The number of anilines is 1. The van der Waals surface area contributed by atoms with Crippen LogP contribution in [0.15, 0.2) is 53.4 Å². The van der Waals surface area contributed by atoms with Gasteiger partial charge in [0.05, 0.1) is 10.6 Å². The minimum atomic E-state index is -3.53. The Labute approximate surface area is 130 Å². The maximum Gasteiger partial charge on any atom is 0.264 e. The smallest absolute Gasteiger partial charge is 0.264 e. The lowest BCUT2D eigenvalue weighted by molar-refractivity contribution is -0.108. The van der Waals surface area contributed by atoms with Gasteiger partial charge in [0.25, 0.3) is 10.0 Å². The van der Waals surface area contributed by atoms with Crippen molar-refractivity contribution >= 4 is 22.0 Å². The summed E-state index contributed by atoms with van der Waals surface area (Å²) in [5.74, 6) is -0.176. The Morgan fingerprint density at radius 1 is 1.14 bits per heavy atom. The number of sulfonamides is 1. The number of aldehydes is 1. The Hall–Kier alpha value is -2.14. The van der Waals surface area contributed by atoms with E-state index in [1.807, 2.05) is 19.1 Å². The van der Waals surface area contributed by atoms with E-state index in [1.54, 1.807) is 36.4 Å². The van der Waals surface area contributed by atoms with E-state index in [4.69, 9.17) is 0 Å². The number of rotatable bonds is 4. The molecule has 0 aromatic heterocycles. The van der Waals surface area contributed by atoms with Crippen molar-refractivity contribution in [2.75, 3.05) is 10.8 Å². The van der Waals surface area contributed by atoms with Gasteiger partial charge in [-0.3, -0.25) is 4.31 Å². The van der Waals surface area contributed by atoms with Gasteiger partial charge in [-0.15, -0.1) is 0 Å². The Bertz CT molecular complexity index is 800. The largest absolute Gasteiger partial charge is 0.303 e. The Morgan fingerprint density at radius 3 is 2.55 bits per heavy atom. The minimum Gasteiger partial charge on any atom is -0.303 e. The molecule has 22 heavy (non-hydrogen) atoms. The topological polar surface area (TPSA) is 54.5 Å². The third kappa shape index (κ3) is 2.41. The molecule has 0 aliphatic carbocycles. The number of benzene rings is 2. The molecule has 4 nitrogen and oxygen atoms in total. The Balaban J connectivity index is 2.00. The Kier molecular flexibility index (Phi) is 3.74. The van der Waals surface area contributed by atoms with Crippen molar-refractivity contribution in [3.8, 4) is 0 Å². The van der Waals surface area contributed by atoms with Crippen molar-refractivity contribution in [1.29, 1.82) is 0 Å². The van der Waals surface area contributed by atoms with E-state index in [-0.39, 0.29) is 5.92 Å². The van der Waals surface area contributed by atoms with Crippen molar-refractivity contribution < 1.29 is 13.2 Å². The lowest BCUT2D eigenvalue weighted by Crippen LogP contribution is -2.29. The normalized spacial score (nSPS) is 15.4. The highest BCUT2D eigenvalue weighted by molar-refractivity contribution is 7.92. The summed E-state index contributed by atoms with van der Waals surface area (Å²) >= 11 is 0. The highest BCUT2D eigenvalue weighted by Crippen LogP contribution is 2.34. The standard InChI is InChI=1S/C17H17NO3S/c1-13(12-19)14-7-8-17-15(11-14)9-10-18(17)22(20,21)16-5-3-2-4-6-16/h2-8,11-13H,9-10H2,1H3. The summed E-state index contributed by atoms with van der Waals surface area (Å²) in [5.41, 5.74) is 2.61. The molecule has 1 aliphatic rings. The van der Waals surface area contributed by atoms with Crippen LogP contribution < -0.4 is 4.31 Å². The fourth-order valence-electron chi connectivity index (χ4n) is 2.72. The van der Waals surface area contributed by atoms with Crippen LogP contribution in [0.25, 0.3) is 0 Å². The van der Waals surface area contributed by atoms with E-state index >= 15 is 0 Å². The van der Waals surface area contributed by atoms with Gasteiger partial charge in [-0.1, -0.05) is 37.3 Å². The summed E-state index contributed by atoms with van der Waals surface area (Å²) in [7, 11) is -3.53. The second-order valence-electron chi connectivity index (χ2n) is 5.45. The first-order chi connectivity index (χ1) is 10.5. The molecular weight excluding hydrogens is 298 g/mol. The van der Waals surface area contributed by atoms with Crippen LogP contribution in [0.2, 0.25) is 0 Å². The van der Waals surface area contributed by atoms with Gasteiger partial charge in [0.2, 0.25) is 0 Å². The zero-order chi connectivity index (χ0) is 15.7. The molecule has 1 unspecified atom stereocenters. The van der Waals surface area contributed by atoms with E-state index in [2.05, 4.69) is 0 Å². The minimum absolute atomic E-state index is 0.176. The number of nitrogens with zero attached hydrogens (tertiary/aromatic N) is 1. The summed E-state index contributed by atoms with van der Waals surface area (Å²) < 4.78 is 26.9. The predicted octanol–water partition coefficient (Wildman–Crippen LogP) is 2.74. The van der Waals surface area contributed by atoms with E-state index in [9.17, 15) is 13.2 Å². The summed E-state index contributed by atoms with van der Waals surface area (Å²) in [6.07, 6.45) is 1.57. The second-order valence-corrected chi connectivity index (χ2v) is 7.32. The molecule has 0 bridgehead atoms. The molecule has 0 saturated heterocycles. The van der Waals surface area contributed by atoms with Crippen molar-refractivity contribution in [2.45, 2.75) is 24.2 Å². The molecule has 0 amide bonds. The van der Waals surface area contributed by atoms with Gasteiger partial charge >= 0.3 is 0 Å². The van der Waals surface area contributed by atoms with Crippen LogP contribution in [0.5, 0.6) is 0 Å². The van der Waals surface area contributed by atoms with Gasteiger partial charge in [0, 0.05) is 12.5 Å². The van der Waals surface area contributed by atoms with Crippen molar-refractivity contribution in [1.82, 2.24) is 0 Å². The molecule has 2 aromatic rings. The summed E-state index contributed by atoms with van der Waals surface area (Å²) in [6, 6.07) is 14.0. The molecule has 5 heteroatoms. The van der Waals surface area contributed by atoms with Crippen LogP contribution in [0.3, 0.4) is 0 Å². The van der Waals surface area contributed by atoms with Gasteiger partial charge < -0.3 is 4.79 Å². The van der Waals surface area contributed by atoms with Crippen molar-refractivity contribution in [3.63, 3.8) is 0 Å². The van der Waals surface area contributed by atoms with Crippen LogP contribution in [0, 0.1) is 0 Å². The molecule has 0 fully saturated rings. The zero-order valence-electron chi connectivity index (χ0n) is 12.3. The average Bonchev–Trinajstić information content (AvgIpc) is 2.98. The summed E-state index contributed by atoms with van der Waals surface area (Å²) in [4.78, 5) is 11.2. The van der Waals surface area contributed by atoms with Gasteiger partial charge in [-0.05, 0) is 35.7 Å². The number of hydrogen-bond donors (Lipinski definition) is 0. The van der Waals surface area contributed by atoms with E-state index < -0.39 is 10.0 Å². The molecule has 1 heterocycles. The summed E-state index contributed by atoms with van der Waals surface area (Å²) in [6.45, 7) is 2.27. The number of carbonyl (C=O) groups excluding carboxylic acids is 1. The second kappa shape index (κ2) is 5.57. The van der Waals surface area contributed by atoms with Crippen LogP contribution in [-0.4, -0.2) is 21.2 Å². The van der Waals surface area contributed by atoms with Crippen LogP contribution in [0.4, 0.5) is 5.69 Å². The maximum absolute atomic E-state index is 12.7. The first kappa shape index (κ1) is 14.8. The Morgan fingerprint density at radius 2 is 1.86 bits per heavy atom. The first-order valence-corrected chi connectivity index (χ1v) is 8.64. The molecule has 1 atom stereocenters. The van der Waals surface area contributed by atoms with Crippen LogP contribution >= 0.6 is 0 Å². The molecule has 0 spiro atoms. The average molecular weight is 315 g/mol. The SMILES string of the molecule is CC(C=O)c1ccc2c(c1)CCN2S(=O)(=O)c1ccccc1. The number of hydrogen-bond acceptors (Lipinski definition) is 3. The van der Waals surface area contributed by atoms with E-state index in [0.29, 0.717) is 23.5 Å². The molecule has 114 valence electrons. The highest BCUT2D eigenvalue weighted by atomic mass is 32.2. The van der Waals surface area contributed by atoms with Crippen LogP contribution in [0.1, 0.15) is 24.0 Å². The predicted molar refractivity (Wildman–Crippen MR) is 85.6 cm³/mol. The lowest BCUT2D eigenvalue weighted by atomic mass is 9.99. The molecule has 0 N–H and O–H groups in total. The van der Waals surface area contributed by atoms with Crippen LogP contribution in [-0.2, 0) is 21.2 Å². The van der Waals surface area contributed by atoms with Crippen molar-refractivity contribution in [3.05, 3.63) is 59.7 Å². The van der Waals surface area contributed by atoms with Gasteiger partial charge in [0.15, 0.2) is 0 Å². The number of fused-ring (bicyclic) bond motifs is 1. The third-order valence-corrected chi connectivity index (χ3v) is 5.85. The van der Waals surface area contributed by atoms with Gasteiger partial charge in [-0.25, -0.2) is 8.42 Å². The van der Waals surface area contributed by atoms with E-state index in [0.717, 1.165) is 17.4 Å². The highest BCUT2D eigenvalue weighted by Gasteiger charge is 2.30. The van der Waals surface area contributed by atoms with Gasteiger partial charge in [-0.2, -0.15) is 0 Å². The molecular formula is C17H17NO3S. The lowest BCUT2D eigenvalue weighted by Gasteiger charge is -2.20. The van der Waals surface area contributed by atoms with Gasteiger partial charge in [0.1, 0.15) is 6.29 Å². The molecule has 0 saturated carbocycles. The molecule has 3 rings (SSSR count). The fourth-order valence-corrected chi connectivity index (χ4v) is 4.25. The summed E-state index contributed by atoms with van der Waals surface area (Å²) in [5, 5.41) is 0.